The van der Waals surface area contributed by atoms with Crippen LogP contribution in [0, 0.1) is 0 Å². The lowest BCUT2D eigenvalue weighted by atomic mass is 10.0. The molecule has 0 amide bonds. The average molecular weight is 254 g/mol. The summed E-state index contributed by atoms with van der Waals surface area (Å²) in [4.78, 5) is 12.4. The van der Waals surface area contributed by atoms with Crippen LogP contribution in [0.15, 0.2) is 53.9 Å². The van der Waals surface area contributed by atoms with E-state index in [9.17, 15) is 9.90 Å². The highest BCUT2D eigenvalue weighted by Crippen LogP contribution is 2.27. The van der Waals surface area contributed by atoms with E-state index in [0.29, 0.717) is 5.56 Å². The second-order valence-electron chi connectivity index (χ2n) is 4.02. The summed E-state index contributed by atoms with van der Waals surface area (Å²) in [6.07, 6.45) is 0. The van der Waals surface area contributed by atoms with Crippen molar-refractivity contribution in [1.29, 1.82) is 0 Å². The van der Waals surface area contributed by atoms with E-state index in [-0.39, 0.29) is 11.5 Å². The van der Waals surface area contributed by atoms with Crippen molar-refractivity contribution < 1.29 is 9.90 Å². The number of carbonyl (C=O) groups excluding carboxylic acids is 1. The third-order valence-corrected chi connectivity index (χ3v) is 3.82. The summed E-state index contributed by atoms with van der Waals surface area (Å²) in [5, 5.41) is 12.1. The molecule has 0 aliphatic carbocycles. The summed E-state index contributed by atoms with van der Waals surface area (Å²) < 4.78 is 1.11. The van der Waals surface area contributed by atoms with Crippen LogP contribution in [0.2, 0.25) is 0 Å². The van der Waals surface area contributed by atoms with E-state index in [4.69, 9.17) is 0 Å². The Morgan fingerprint density at radius 1 is 1.00 bits per heavy atom. The molecule has 3 aromatic rings. The minimum Gasteiger partial charge on any atom is -0.508 e. The molecule has 0 aliphatic heterocycles. The van der Waals surface area contributed by atoms with Crippen LogP contribution in [0.4, 0.5) is 0 Å². The van der Waals surface area contributed by atoms with Crippen LogP contribution >= 0.6 is 11.3 Å². The number of hydrogen-bond acceptors (Lipinski definition) is 3. The van der Waals surface area contributed by atoms with Gasteiger partial charge in [0, 0.05) is 26.6 Å². The summed E-state index contributed by atoms with van der Waals surface area (Å²) in [6.45, 7) is 0. The molecule has 0 radical (unpaired) electrons. The zero-order valence-corrected chi connectivity index (χ0v) is 10.3. The number of thiophene rings is 1. The van der Waals surface area contributed by atoms with Gasteiger partial charge in [-0.25, -0.2) is 0 Å². The smallest absolute Gasteiger partial charge is 0.194 e. The number of hydrogen-bond donors (Lipinski definition) is 1. The van der Waals surface area contributed by atoms with Crippen LogP contribution in [-0.2, 0) is 0 Å². The van der Waals surface area contributed by atoms with Gasteiger partial charge in [-0.15, -0.1) is 11.3 Å². The SMILES string of the molecule is O=C(c1ccc(O)cc1)c1csc2ccccc12. The maximum Gasteiger partial charge on any atom is 0.194 e. The standard InChI is InChI=1S/C15H10O2S/c16-11-7-5-10(6-8-11)15(17)13-9-18-14-4-2-1-3-12(13)14/h1-9,16H. The Morgan fingerprint density at radius 2 is 1.72 bits per heavy atom. The van der Waals surface area contributed by atoms with Gasteiger partial charge in [-0.3, -0.25) is 4.79 Å². The topological polar surface area (TPSA) is 37.3 Å². The molecular weight excluding hydrogens is 244 g/mol. The van der Waals surface area contributed by atoms with Gasteiger partial charge in [-0.2, -0.15) is 0 Å². The van der Waals surface area contributed by atoms with E-state index in [2.05, 4.69) is 0 Å². The van der Waals surface area contributed by atoms with E-state index in [1.807, 2.05) is 29.6 Å². The van der Waals surface area contributed by atoms with Crippen molar-refractivity contribution >= 4 is 27.2 Å². The summed E-state index contributed by atoms with van der Waals surface area (Å²) >= 11 is 1.57. The van der Waals surface area contributed by atoms with Crippen LogP contribution in [0.5, 0.6) is 5.75 Å². The van der Waals surface area contributed by atoms with Crippen LogP contribution in [0.25, 0.3) is 10.1 Å². The largest absolute Gasteiger partial charge is 0.508 e. The summed E-state index contributed by atoms with van der Waals surface area (Å²) in [6, 6.07) is 14.2. The molecule has 18 heavy (non-hydrogen) atoms. The lowest BCUT2D eigenvalue weighted by Gasteiger charge is -2.00. The number of phenols is 1. The quantitative estimate of drug-likeness (QED) is 0.705. The van der Waals surface area contributed by atoms with E-state index in [1.54, 1.807) is 23.5 Å². The van der Waals surface area contributed by atoms with Crippen molar-refractivity contribution in [3.05, 3.63) is 65.0 Å². The predicted molar refractivity (Wildman–Crippen MR) is 73.4 cm³/mol. The minimum absolute atomic E-state index is 0.00699. The van der Waals surface area contributed by atoms with Gasteiger partial charge >= 0.3 is 0 Å². The molecule has 0 fully saturated rings. The Morgan fingerprint density at radius 3 is 2.50 bits per heavy atom. The lowest BCUT2D eigenvalue weighted by Crippen LogP contribution is -1.99. The monoisotopic (exact) mass is 254 g/mol. The molecule has 0 atom stereocenters. The van der Waals surface area contributed by atoms with E-state index >= 15 is 0 Å². The molecule has 2 aromatic carbocycles. The normalized spacial score (nSPS) is 10.7. The van der Waals surface area contributed by atoms with E-state index in [0.717, 1.165) is 15.6 Å². The second kappa shape index (κ2) is 4.27. The fourth-order valence-electron chi connectivity index (χ4n) is 1.92. The maximum absolute atomic E-state index is 12.4. The van der Waals surface area contributed by atoms with Crippen molar-refractivity contribution in [3.63, 3.8) is 0 Å². The zero-order valence-electron chi connectivity index (χ0n) is 9.46. The third kappa shape index (κ3) is 1.79. The highest BCUT2D eigenvalue weighted by molar-refractivity contribution is 7.17. The fraction of sp³-hybridized carbons (Fsp3) is 0. The molecule has 0 bridgehead atoms. The van der Waals surface area contributed by atoms with Crippen LogP contribution in [0.3, 0.4) is 0 Å². The highest BCUT2D eigenvalue weighted by atomic mass is 32.1. The number of aromatic hydroxyl groups is 1. The maximum atomic E-state index is 12.4. The van der Waals surface area contributed by atoms with E-state index < -0.39 is 0 Å². The molecule has 0 aliphatic rings. The number of phenolic OH excluding ortho intramolecular Hbond substituents is 1. The van der Waals surface area contributed by atoms with Gasteiger partial charge in [0.25, 0.3) is 0 Å². The van der Waals surface area contributed by atoms with Gasteiger partial charge in [-0.1, -0.05) is 18.2 Å². The van der Waals surface area contributed by atoms with Gasteiger partial charge in [0.05, 0.1) is 0 Å². The first-order chi connectivity index (χ1) is 8.75. The van der Waals surface area contributed by atoms with Gasteiger partial charge in [0.15, 0.2) is 5.78 Å². The predicted octanol–water partition coefficient (Wildman–Crippen LogP) is 3.84. The zero-order chi connectivity index (χ0) is 12.5. The molecule has 88 valence electrons. The highest BCUT2D eigenvalue weighted by Gasteiger charge is 2.13. The number of benzene rings is 2. The fourth-order valence-corrected chi connectivity index (χ4v) is 2.86. The first-order valence-electron chi connectivity index (χ1n) is 5.55. The number of ketones is 1. The number of fused-ring (bicyclic) bond motifs is 1. The molecule has 3 rings (SSSR count). The van der Waals surface area contributed by atoms with Gasteiger partial charge < -0.3 is 5.11 Å². The Bertz CT molecular complexity index is 711. The molecule has 1 heterocycles. The first kappa shape index (κ1) is 11.0. The summed E-state index contributed by atoms with van der Waals surface area (Å²) in [5.74, 6) is 0.161. The Labute approximate surface area is 108 Å². The molecule has 0 spiro atoms. The minimum atomic E-state index is -0.00699. The van der Waals surface area contributed by atoms with Crippen LogP contribution in [0.1, 0.15) is 15.9 Å². The van der Waals surface area contributed by atoms with Crippen molar-refractivity contribution in [2.45, 2.75) is 0 Å². The lowest BCUT2D eigenvalue weighted by molar-refractivity contribution is 0.104. The second-order valence-corrected chi connectivity index (χ2v) is 4.93. The molecule has 0 saturated heterocycles. The molecule has 0 saturated carbocycles. The molecule has 2 nitrogen and oxygen atoms in total. The Balaban J connectivity index is 2.09. The average Bonchev–Trinajstić information content (AvgIpc) is 2.82. The van der Waals surface area contributed by atoms with Gasteiger partial charge in [0.1, 0.15) is 5.75 Å². The van der Waals surface area contributed by atoms with Crippen molar-refractivity contribution in [3.8, 4) is 5.75 Å². The first-order valence-corrected chi connectivity index (χ1v) is 6.43. The molecule has 0 unspecified atom stereocenters. The van der Waals surface area contributed by atoms with Crippen LogP contribution < -0.4 is 0 Å². The summed E-state index contributed by atoms with van der Waals surface area (Å²) in [5.41, 5.74) is 1.32. The van der Waals surface area contributed by atoms with Gasteiger partial charge in [-0.05, 0) is 30.3 Å². The number of rotatable bonds is 2. The Kier molecular flexibility index (Phi) is 2.61. The van der Waals surface area contributed by atoms with Crippen LogP contribution in [-0.4, -0.2) is 10.9 Å². The molecule has 1 N–H and O–H groups in total. The van der Waals surface area contributed by atoms with Crippen molar-refractivity contribution in [1.82, 2.24) is 0 Å². The molecule has 3 heteroatoms. The Hall–Kier alpha value is -2.13. The van der Waals surface area contributed by atoms with Gasteiger partial charge in [0.2, 0.25) is 0 Å². The molecular formula is C15H10O2S. The van der Waals surface area contributed by atoms with E-state index in [1.165, 1.54) is 12.1 Å². The third-order valence-electron chi connectivity index (χ3n) is 2.86. The molecule has 1 aromatic heterocycles. The van der Waals surface area contributed by atoms with Crippen molar-refractivity contribution in [2.75, 3.05) is 0 Å². The summed E-state index contributed by atoms with van der Waals surface area (Å²) in [7, 11) is 0. The number of carbonyl (C=O) groups is 1. The van der Waals surface area contributed by atoms with Crippen molar-refractivity contribution in [2.24, 2.45) is 0 Å².